The van der Waals surface area contributed by atoms with E-state index in [-0.39, 0.29) is 18.8 Å². The molecule has 0 unspecified atom stereocenters. The molecule has 0 bridgehead atoms. The minimum absolute atomic E-state index is 0.0996. The van der Waals surface area contributed by atoms with Gasteiger partial charge in [-0.05, 0) is 37.1 Å². The van der Waals surface area contributed by atoms with Gasteiger partial charge in [0.05, 0.1) is 18.8 Å². The zero-order chi connectivity index (χ0) is 25.0. The number of nitrogens with zero attached hydrogens (tertiary/aromatic N) is 1. The maximum atomic E-state index is 13.4. The largest absolute Gasteiger partial charge is 0.494 e. The second kappa shape index (κ2) is 13.7. The first-order valence-corrected chi connectivity index (χ1v) is 13.1. The van der Waals surface area contributed by atoms with Crippen molar-refractivity contribution in [1.29, 1.82) is 0 Å². The van der Waals surface area contributed by atoms with E-state index < -0.39 is 5.97 Å². The van der Waals surface area contributed by atoms with E-state index in [1.165, 1.54) is 44.9 Å². The first-order valence-electron chi connectivity index (χ1n) is 13.1. The molecule has 0 saturated heterocycles. The molecule has 188 valence electrons. The minimum Gasteiger partial charge on any atom is -0.494 e. The lowest BCUT2D eigenvalue weighted by Gasteiger charge is -2.09. The van der Waals surface area contributed by atoms with Gasteiger partial charge in [-0.25, -0.2) is 4.79 Å². The molecule has 0 N–H and O–H groups in total. The summed E-state index contributed by atoms with van der Waals surface area (Å²) in [4.78, 5) is 26.0. The fraction of sp³-hybridized carbons (Fsp3) is 0.467. The Kier molecular flexibility index (Phi) is 10.4. The number of unbranched alkanes of at least 4 members (excludes halogenated alkanes) is 7. The van der Waals surface area contributed by atoms with Crippen LogP contribution in [0, 0.1) is 0 Å². The van der Waals surface area contributed by atoms with E-state index in [1.807, 2.05) is 48.5 Å². The van der Waals surface area contributed by atoms with Crippen LogP contribution in [0.15, 0.2) is 48.5 Å². The summed E-state index contributed by atoms with van der Waals surface area (Å²) in [5.74, 6) is 0.248. The summed E-state index contributed by atoms with van der Waals surface area (Å²) in [7, 11) is 1.80. The topological polar surface area (TPSA) is 57.5 Å². The summed E-state index contributed by atoms with van der Waals surface area (Å²) in [5, 5.41) is 0.772. The van der Waals surface area contributed by atoms with Crippen molar-refractivity contribution in [3.63, 3.8) is 0 Å². The van der Waals surface area contributed by atoms with Gasteiger partial charge in [-0.2, -0.15) is 0 Å². The van der Waals surface area contributed by atoms with E-state index in [1.54, 1.807) is 18.5 Å². The lowest BCUT2D eigenvalue weighted by atomic mass is 10.00. The number of para-hydroxylation sites is 1. The van der Waals surface area contributed by atoms with Crippen LogP contribution in [0.25, 0.3) is 10.9 Å². The Morgan fingerprint density at radius 1 is 0.829 bits per heavy atom. The van der Waals surface area contributed by atoms with Crippen molar-refractivity contribution in [1.82, 2.24) is 4.57 Å². The molecule has 5 nitrogen and oxygen atoms in total. The second-order valence-corrected chi connectivity index (χ2v) is 9.09. The number of ketones is 1. The van der Waals surface area contributed by atoms with Gasteiger partial charge in [0.25, 0.3) is 0 Å². The van der Waals surface area contributed by atoms with Crippen LogP contribution in [-0.4, -0.2) is 29.5 Å². The zero-order valence-corrected chi connectivity index (χ0v) is 21.5. The van der Waals surface area contributed by atoms with Gasteiger partial charge in [-0.3, -0.25) is 4.79 Å². The number of rotatable bonds is 15. The predicted molar refractivity (Wildman–Crippen MR) is 141 cm³/mol. The number of esters is 1. The minimum atomic E-state index is -0.473. The molecular weight excluding hydrogens is 438 g/mol. The first kappa shape index (κ1) is 26.5. The summed E-state index contributed by atoms with van der Waals surface area (Å²) in [6, 6.07) is 15.3. The van der Waals surface area contributed by atoms with E-state index in [0.29, 0.717) is 17.9 Å². The molecule has 2 aromatic carbocycles. The number of carbonyl (C=O) groups excluding carboxylic acids is 2. The summed E-state index contributed by atoms with van der Waals surface area (Å²) in [6.45, 7) is 4.98. The standard InChI is InChI=1S/C30H39NO4/c1-4-6-7-8-9-10-11-14-21-35-24-19-17-23(18-20-24)22-27(32)28-25-15-12-13-16-26(25)31(3)29(28)30(33)34-5-2/h12-13,15-20H,4-11,14,21-22H2,1-3H3. The van der Waals surface area contributed by atoms with Crippen molar-refractivity contribution in [2.75, 3.05) is 13.2 Å². The Morgan fingerprint density at radius 2 is 1.49 bits per heavy atom. The van der Waals surface area contributed by atoms with Crippen LogP contribution in [0.3, 0.4) is 0 Å². The molecule has 0 aliphatic carbocycles. The smallest absolute Gasteiger partial charge is 0.355 e. The molecule has 0 aliphatic heterocycles. The van der Waals surface area contributed by atoms with Crippen molar-refractivity contribution >= 4 is 22.7 Å². The van der Waals surface area contributed by atoms with Crippen LogP contribution in [-0.2, 0) is 18.2 Å². The van der Waals surface area contributed by atoms with Crippen molar-refractivity contribution < 1.29 is 19.1 Å². The molecule has 0 fully saturated rings. The Labute approximate surface area is 209 Å². The van der Waals surface area contributed by atoms with E-state index in [9.17, 15) is 9.59 Å². The predicted octanol–water partition coefficient (Wildman–Crippen LogP) is 7.30. The van der Waals surface area contributed by atoms with Crippen LogP contribution >= 0.6 is 0 Å². The maximum absolute atomic E-state index is 13.4. The summed E-state index contributed by atoms with van der Waals surface area (Å²) < 4.78 is 12.9. The Morgan fingerprint density at radius 3 is 2.17 bits per heavy atom. The number of aryl methyl sites for hydroxylation is 1. The highest BCUT2D eigenvalue weighted by atomic mass is 16.5. The Balaban J connectivity index is 1.57. The van der Waals surface area contributed by atoms with E-state index in [2.05, 4.69) is 6.92 Å². The molecule has 3 rings (SSSR count). The molecular formula is C30H39NO4. The number of aromatic nitrogens is 1. The van der Waals surface area contributed by atoms with Crippen molar-refractivity contribution in [3.8, 4) is 5.75 Å². The van der Waals surface area contributed by atoms with Crippen LogP contribution in [0.2, 0.25) is 0 Å². The van der Waals surface area contributed by atoms with Crippen molar-refractivity contribution in [3.05, 3.63) is 65.4 Å². The van der Waals surface area contributed by atoms with Crippen LogP contribution in [0.5, 0.6) is 5.75 Å². The first-order chi connectivity index (χ1) is 17.1. The van der Waals surface area contributed by atoms with Gasteiger partial charge in [0.15, 0.2) is 5.78 Å². The highest BCUT2D eigenvalue weighted by Crippen LogP contribution is 2.28. The molecule has 0 spiro atoms. The molecule has 0 aliphatic rings. The van der Waals surface area contributed by atoms with E-state index in [0.717, 1.165) is 28.6 Å². The molecule has 0 radical (unpaired) electrons. The molecule has 1 heterocycles. The number of benzene rings is 2. The Hall–Kier alpha value is -3.08. The van der Waals surface area contributed by atoms with Gasteiger partial charge >= 0.3 is 5.97 Å². The number of fused-ring (bicyclic) bond motifs is 1. The maximum Gasteiger partial charge on any atom is 0.355 e. The monoisotopic (exact) mass is 477 g/mol. The third-order valence-electron chi connectivity index (χ3n) is 6.41. The lowest BCUT2D eigenvalue weighted by Crippen LogP contribution is -2.15. The van der Waals surface area contributed by atoms with Gasteiger partial charge in [-0.15, -0.1) is 0 Å². The highest BCUT2D eigenvalue weighted by molar-refractivity contribution is 6.16. The Bertz CT molecular complexity index is 1100. The highest BCUT2D eigenvalue weighted by Gasteiger charge is 2.26. The summed E-state index contributed by atoms with van der Waals surface area (Å²) in [5.41, 5.74) is 2.46. The fourth-order valence-corrected chi connectivity index (χ4v) is 4.52. The van der Waals surface area contributed by atoms with Crippen LogP contribution in [0.1, 0.15) is 91.6 Å². The van der Waals surface area contributed by atoms with Gasteiger partial charge in [0, 0.05) is 24.4 Å². The van der Waals surface area contributed by atoms with Crippen molar-refractivity contribution in [2.24, 2.45) is 7.05 Å². The summed E-state index contributed by atoms with van der Waals surface area (Å²) in [6.07, 6.45) is 10.4. The molecule has 0 amide bonds. The van der Waals surface area contributed by atoms with Gasteiger partial charge in [0.1, 0.15) is 11.4 Å². The van der Waals surface area contributed by atoms with Gasteiger partial charge < -0.3 is 14.0 Å². The zero-order valence-electron chi connectivity index (χ0n) is 21.5. The summed E-state index contributed by atoms with van der Waals surface area (Å²) >= 11 is 0. The van der Waals surface area contributed by atoms with Gasteiger partial charge in [0.2, 0.25) is 0 Å². The van der Waals surface area contributed by atoms with Crippen LogP contribution < -0.4 is 4.74 Å². The molecule has 1 aromatic heterocycles. The third kappa shape index (κ3) is 7.20. The second-order valence-electron chi connectivity index (χ2n) is 9.09. The normalized spacial score (nSPS) is 11.1. The molecule has 3 aromatic rings. The quantitative estimate of drug-likeness (QED) is 0.131. The van der Waals surface area contributed by atoms with Crippen LogP contribution in [0.4, 0.5) is 0 Å². The number of carbonyl (C=O) groups is 2. The molecule has 0 atom stereocenters. The number of ether oxygens (including phenoxy) is 2. The van der Waals surface area contributed by atoms with E-state index >= 15 is 0 Å². The van der Waals surface area contributed by atoms with E-state index in [4.69, 9.17) is 9.47 Å². The number of Topliss-reactive ketones (excluding diaryl/α,β-unsaturated/α-hetero) is 1. The van der Waals surface area contributed by atoms with Gasteiger partial charge in [-0.1, -0.05) is 82.2 Å². The molecule has 35 heavy (non-hydrogen) atoms. The average Bonchev–Trinajstić information content (AvgIpc) is 3.17. The third-order valence-corrected chi connectivity index (χ3v) is 6.41. The van der Waals surface area contributed by atoms with Crippen molar-refractivity contribution in [2.45, 2.75) is 71.6 Å². The number of hydrogen-bond acceptors (Lipinski definition) is 4. The molecule has 5 heteroatoms. The number of hydrogen-bond donors (Lipinski definition) is 0. The molecule has 0 saturated carbocycles. The lowest BCUT2D eigenvalue weighted by molar-refractivity contribution is 0.0512. The fourth-order valence-electron chi connectivity index (χ4n) is 4.52. The average molecular weight is 478 g/mol. The SMILES string of the molecule is CCCCCCCCCCOc1ccc(CC(=O)c2c(C(=O)OCC)n(C)c3ccccc23)cc1.